The first-order valence-electron chi connectivity index (χ1n) is 10.9. The zero-order chi connectivity index (χ0) is 24.9. The number of nitrogens with zero attached hydrogens (tertiary/aromatic N) is 3. The molecule has 9 heteroatoms. The van der Waals surface area contributed by atoms with Crippen LogP contribution < -0.4 is 16.6 Å². The fourth-order valence-electron chi connectivity index (χ4n) is 4.95. The van der Waals surface area contributed by atoms with Crippen molar-refractivity contribution < 1.29 is 5.11 Å². The number of allylic oxidation sites excluding steroid dienone is 1. The molecule has 2 heterocycles. The highest BCUT2D eigenvalue weighted by Crippen LogP contribution is 2.31. The summed E-state index contributed by atoms with van der Waals surface area (Å²) >= 11 is 0. The summed E-state index contributed by atoms with van der Waals surface area (Å²) < 4.78 is 2.28. The maximum absolute atomic E-state index is 12.6. The molecule has 1 aromatic carbocycles. The molecule has 178 valence electrons. The third-order valence-corrected chi connectivity index (χ3v) is 6.38. The molecule has 1 saturated heterocycles. The van der Waals surface area contributed by atoms with E-state index in [-0.39, 0.29) is 45.4 Å². The number of hydrogen-bond donors (Lipinski definition) is 4. The Morgan fingerprint density at radius 1 is 1.09 bits per heavy atom. The fraction of sp³-hybridized carbons (Fsp3) is 0.500. The Balaban J connectivity index is 1.87. The minimum absolute atomic E-state index is 0.0329. The first-order valence-corrected chi connectivity index (χ1v) is 10.9. The molecule has 1 fully saturated rings. The van der Waals surface area contributed by atoms with Crippen molar-refractivity contribution in [2.75, 3.05) is 7.05 Å². The van der Waals surface area contributed by atoms with Crippen molar-refractivity contribution in [3.05, 3.63) is 50.7 Å². The van der Waals surface area contributed by atoms with E-state index >= 15 is 0 Å². The van der Waals surface area contributed by atoms with Crippen LogP contribution in [0.1, 0.15) is 46.1 Å². The number of piperidine rings is 1. The number of fused-ring (bicyclic) bond motifs is 1. The highest BCUT2D eigenvalue weighted by atomic mass is 16.3. The van der Waals surface area contributed by atoms with Crippen molar-refractivity contribution >= 4 is 22.5 Å². The van der Waals surface area contributed by atoms with Crippen molar-refractivity contribution in [2.24, 2.45) is 14.1 Å². The van der Waals surface area contributed by atoms with Crippen LogP contribution in [0.2, 0.25) is 0 Å². The number of aryl methyl sites for hydroxylation is 1. The largest absolute Gasteiger partial charge is 0.507 e. The first kappa shape index (κ1) is 24.4. The van der Waals surface area contributed by atoms with Gasteiger partial charge in [0.05, 0.1) is 16.6 Å². The molecule has 33 heavy (non-hydrogen) atoms. The first-order chi connectivity index (χ1) is 15.1. The number of phenols is 1. The number of aromatic nitrogens is 2. The molecule has 1 aliphatic heterocycles. The van der Waals surface area contributed by atoms with Crippen LogP contribution >= 0.6 is 0 Å². The van der Waals surface area contributed by atoms with Crippen LogP contribution in [0.15, 0.2) is 33.9 Å². The van der Waals surface area contributed by atoms with E-state index in [1.165, 1.54) is 42.9 Å². The quantitative estimate of drug-likeness (QED) is 0.416. The number of likely N-dealkylation sites (N-methyl/N-ethyl adjacent to an activating group) is 1. The van der Waals surface area contributed by atoms with Gasteiger partial charge in [-0.1, -0.05) is 0 Å². The van der Waals surface area contributed by atoms with Crippen LogP contribution in [0.3, 0.4) is 0 Å². The van der Waals surface area contributed by atoms with E-state index in [1.54, 1.807) is 0 Å². The Hall–Kier alpha value is -3.20. The fourth-order valence-corrected chi connectivity index (χ4v) is 4.95. The van der Waals surface area contributed by atoms with Crippen LogP contribution in [0.4, 0.5) is 0 Å². The van der Waals surface area contributed by atoms with Gasteiger partial charge in [0.2, 0.25) is 0 Å². The number of amidine groups is 1. The van der Waals surface area contributed by atoms with Gasteiger partial charge in [0.25, 0.3) is 5.56 Å². The van der Waals surface area contributed by atoms with Gasteiger partial charge >= 0.3 is 5.69 Å². The number of benzene rings is 1. The van der Waals surface area contributed by atoms with Crippen molar-refractivity contribution in [1.29, 1.82) is 10.8 Å². The Labute approximate surface area is 193 Å². The minimum Gasteiger partial charge on any atom is -0.507 e. The number of rotatable bonds is 4. The molecule has 0 radical (unpaired) electrons. The Morgan fingerprint density at radius 3 is 2.24 bits per heavy atom. The van der Waals surface area contributed by atoms with E-state index in [0.717, 1.165) is 17.4 Å². The lowest BCUT2D eigenvalue weighted by atomic mass is 9.79. The second kappa shape index (κ2) is 8.30. The second-order valence-electron chi connectivity index (χ2n) is 10.3. The van der Waals surface area contributed by atoms with Gasteiger partial charge in [-0.15, -0.1) is 0 Å². The van der Waals surface area contributed by atoms with Crippen LogP contribution in [-0.4, -0.2) is 54.9 Å². The molecule has 0 aliphatic carbocycles. The van der Waals surface area contributed by atoms with Gasteiger partial charge in [-0.05, 0) is 58.8 Å². The van der Waals surface area contributed by atoms with E-state index in [4.69, 9.17) is 10.8 Å². The van der Waals surface area contributed by atoms with E-state index < -0.39 is 11.2 Å². The maximum atomic E-state index is 12.6. The highest BCUT2D eigenvalue weighted by molar-refractivity contribution is 6.12. The number of nitrogens with one attached hydrogen (secondary N) is 3. The minimum atomic E-state index is -0.491. The molecule has 0 atom stereocenters. The molecule has 3 rings (SSSR count). The van der Waals surface area contributed by atoms with Gasteiger partial charge in [0.1, 0.15) is 11.6 Å². The zero-order valence-electron chi connectivity index (χ0n) is 20.4. The molecule has 1 aliphatic rings. The summed E-state index contributed by atoms with van der Waals surface area (Å²) in [7, 11) is 4.80. The molecule has 1 aromatic heterocycles. The third kappa shape index (κ3) is 4.78. The molecule has 9 nitrogen and oxygen atoms in total. The molecule has 0 amide bonds. The average molecular weight is 455 g/mol. The average Bonchev–Trinajstić information content (AvgIpc) is 2.71. The number of phenolic OH excluding ortho intramolecular Hbond substituents is 1. The normalized spacial score (nSPS) is 18.0. The molecule has 2 aromatic rings. The van der Waals surface area contributed by atoms with E-state index in [1.807, 2.05) is 11.9 Å². The lowest BCUT2D eigenvalue weighted by molar-refractivity contribution is 0.114. The lowest BCUT2D eigenvalue weighted by Gasteiger charge is -2.49. The van der Waals surface area contributed by atoms with Crippen molar-refractivity contribution in [2.45, 2.75) is 57.7 Å². The van der Waals surface area contributed by atoms with E-state index in [2.05, 4.69) is 33.0 Å². The van der Waals surface area contributed by atoms with Gasteiger partial charge in [-0.2, -0.15) is 0 Å². The summed E-state index contributed by atoms with van der Waals surface area (Å²) in [6.07, 6.45) is 4.75. The topological polar surface area (TPSA) is 127 Å². The van der Waals surface area contributed by atoms with Crippen LogP contribution in [0.25, 0.3) is 10.9 Å². The summed E-state index contributed by atoms with van der Waals surface area (Å²) in [5.41, 5.74) is -0.667. The second-order valence-corrected chi connectivity index (χ2v) is 10.3. The molecule has 0 spiro atoms. The zero-order valence-corrected chi connectivity index (χ0v) is 20.4. The van der Waals surface area contributed by atoms with Crippen LogP contribution in [0.5, 0.6) is 5.75 Å². The van der Waals surface area contributed by atoms with Crippen LogP contribution in [-0.2, 0) is 14.1 Å². The lowest BCUT2D eigenvalue weighted by Crippen LogP contribution is -2.62. The van der Waals surface area contributed by atoms with Gasteiger partial charge in [-0.3, -0.25) is 19.3 Å². The van der Waals surface area contributed by atoms with Gasteiger partial charge in [0.15, 0.2) is 0 Å². The number of hydrogen-bond acceptors (Lipinski definition) is 6. The van der Waals surface area contributed by atoms with E-state index in [9.17, 15) is 14.7 Å². The monoisotopic (exact) mass is 454 g/mol. The van der Waals surface area contributed by atoms with Crippen molar-refractivity contribution in [1.82, 2.24) is 19.4 Å². The molecule has 0 saturated carbocycles. The Morgan fingerprint density at radius 2 is 1.67 bits per heavy atom. The van der Waals surface area contributed by atoms with Gasteiger partial charge < -0.3 is 20.7 Å². The van der Waals surface area contributed by atoms with Crippen LogP contribution in [0, 0.1) is 10.8 Å². The molecule has 0 unspecified atom stereocenters. The van der Waals surface area contributed by atoms with Gasteiger partial charge in [0, 0.05) is 49.9 Å². The van der Waals surface area contributed by atoms with Crippen molar-refractivity contribution in [3.8, 4) is 5.75 Å². The van der Waals surface area contributed by atoms with E-state index in [0.29, 0.717) is 5.52 Å². The van der Waals surface area contributed by atoms with Crippen molar-refractivity contribution in [3.63, 3.8) is 0 Å². The SMILES string of the molecule is CN(C(=N)/C=C\C(=N)c1cc2c(=O)n(C)c(=O)n(C)c2cc1O)C1CC(C)(C)NC(C)(C)C1. The molecular weight excluding hydrogens is 420 g/mol. The maximum Gasteiger partial charge on any atom is 0.330 e. The number of aromatic hydroxyl groups is 1. The predicted octanol–water partition coefficient (Wildman–Crippen LogP) is 2.09. The Bertz CT molecular complexity index is 1270. The summed E-state index contributed by atoms with van der Waals surface area (Å²) in [5, 5.41) is 31.3. The molecule has 4 N–H and O–H groups in total. The third-order valence-electron chi connectivity index (χ3n) is 6.38. The highest BCUT2D eigenvalue weighted by Gasteiger charge is 2.39. The summed E-state index contributed by atoms with van der Waals surface area (Å²) in [4.78, 5) is 26.6. The predicted molar refractivity (Wildman–Crippen MR) is 132 cm³/mol. The summed E-state index contributed by atoms with van der Waals surface area (Å²) in [6, 6.07) is 2.91. The summed E-state index contributed by atoms with van der Waals surface area (Å²) in [5.74, 6) is 0.0546. The standard InChI is InChI=1S/C24H34N6O3/c1-23(2)12-14(13-24(3,4)27-23)28(5)20(26)9-8-17(25)15-10-16-18(11-19(15)31)29(6)22(33)30(7)21(16)32/h8-11,14,25-27,31H,12-13H2,1-7H3/b9-8-,25-17?,26-20?. The Kier molecular flexibility index (Phi) is 6.14. The van der Waals surface area contributed by atoms with Gasteiger partial charge in [-0.25, -0.2) is 4.79 Å². The smallest absolute Gasteiger partial charge is 0.330 e. The molecule has 0 bridgehead atoms. The summed E-state index contributed by atoms with van der Waals surface area (Å²) in [6.45, 7) is 8.64. The molecular formula is C24H34N6O3.